The van der Waals surface area contributed by atoms with Crippen LogP contribution in [0, 0.1) is 5.92 Å². The Hall–Kier alpha value is -0.450. The van der Waals surface area contributed by atoms with Crippen molar-refractivity contribution in [1.82, 2.24) is 4.98 Å². The van der Waals surface area contributed by atoms with Gasteiger partial charge in [-0.05, 0) is 18.8 Å². The summed E-state index contributed by atoms with van der Waals surface area (Å²) in [5, 5.41) is 13.2. The van der Waals surface area contributed by atoms with Gasteiger partial charge in [-0.15, -0.1) is 11.3 Å². The first-order valence-corrected chi connectivity index (χ1v) is 7.54. The first-order chi connectivity index (χ1) is 8.45. The number of rotatable bonds is 4. The molecule has 1 aromatic heterocycles. The highest BCUT2D eigenvalue weighted by molar-refractivity contribution is 7.09. The van der Waals surface area contributed by atoms with Gasteiger partial charge in [0.25, 0.3) is 0 Å². The molecule has 1 fully saturated rings. The molecule has 2 rings (SSSR count). The largest absolute Gasteiger partial charge is 0.393 e. The summed E-state index contributed by atoms with van der Waals surface area (Å²) in [6.45, 7) is 8.15. The molecule has 1 aliphatic heterocycles. The molecule has 2 unspecified atom stereocenters. The quantitative estimate of drug-likeness (QED) is 0.914. The summed E-state index contributed by atoms with van der Waals surface area (Å²) in [6.07, 6.45) is 2.32. The molecule has 0 bridgehead atoms. The molecule has 1 aromatic rings. The Morgan fingerprint density at radius 2 is 2.33 bits per heavy atom. The molecule has 0 amide bonds. The Kier molecular flexibility index (Phi) is 4.41. The first-order valence-electron chi connectivity index (χ1n) is 6.66. The van der Waals surface area contributed by atoms with Gasteiger partial charge in [0.05, 0.1) is 16.8 Å². The average molecular weight is 269 g/mol. The molecule has 0 aliphatic carbocycles. The topological polar surface area (TPSA) is 42.4 Å². The van der Waals surface area contributed by atoms with Gasteiger partial charge in [0.15, 0.2) is 0 Å². The zero-order valence-electron chi connectivity index (χ0n) is 11.5. The average Bonchev–Trinajstić information content (AvgIpc) is 2.87. The van der Waals surface area contributed by atoms with Crippen LogP contribution in [0.15, 0.2) is 5.38 Å². The van der Waals surface area contributed by atoms with Crippen LogP contribution in [-0.2, 0) is 16.6 Å². The summed E-state index contributed by atoms with van der Waals surface area (Å²) in [6, 6.07) is 0. The van der Waals surface area contributed by atoms with E-state index in [1.807, 2.05) is 0 Å². The summed E-state index contributed by atoms with van der Waals surface area (Å²) in [4.78, 5) is 4.62. The molecular formula is C14H23NO2S. The van der Waals surface area contributed by atoms with E-state index in [4.69, 9.17) is 4.74 Å². The number of nitrogens with zero attached hydrogens (tertiary/aromatic N) is 1. The maximum Gasteiger partial charge on any atom is 0.0954 e. The lowest BCUT2D eigenvalue weighted by atomic mass is 9.93. The van der Waals surface area contributed by atoms with Crippen molar-refractivity contribution in [3.05, 3.63) is 16.1 Å². The molecule has 2 heterocycles. The number of hydrogen-bond acceptors (Lipinski definition) is 4. The lowest BCUT2D eigenvalue weighted by Gasteiger charge is -2.15. The van der Waals surface area contributed by atoms with Crippen molar-refractivity contribution in [3.63, 3.8) is 0 Å². The fraction of sp³-hybridized carbons (Fsp3) is 0.786. The number of aliphatic hydroxyl groups excluding tert-OH is 1. The lowest BCUT2D eigenvalue weighted by Crippen LogP contribution is -2.17. The van der Waals surface area contributed by atoms with Crippen molar-refractivity contribution < 1.29 is 9.84 Å². The van der Waals surface area contributed by atoms with Crippen LogP contribution in [0.25, 0.3) is 0 Å². The van der Waals surface area contributed by atoms with E-state index in [0.717, 1.165) is 36.8 Å². The molecular weight excluding hydrogens is 246 g/mol. The van der Waals surface area contributed by atoms with Crippen LogP contribution in [0.2, 0.25) is 0 Å². The minimum atomic E-state index is -0.282. The normalized spacial score (nSPS) is 22.3. The highest BCUT2D eigenvalue weighted by Crippen LogP contribution is 2.26. The van der Waals surface area contributed by atoms with E-state index in [1.165, 1.54) is 0 Å². The molecule has 1 saturated heterocycles. The zero-order chi connectivity index (χ0) is 13.2. The van der Waals surface area contributed by atoms with Crippen molar-refractivity contribution in [1.29, 1.82) is 0 Å². The SMILES string of the molecule is CC(C)(C)c1csc(CC(O)CC2CCOC2)n1. The van der Waals surface area contributed by atoms with E-state index >= 15 is 0 Å². The molecule has 4 heteroatoms. The third-order valence-electron chi connectivity index (χ3n) is 3.36. The summed E-state index contributed by atoms with van der Waals surface area (Å²) in [5.41, 5.74) is 1.22. The molecule has 0 aromatic carbocycles. The highest BCUT2D eigenvalue weighted by Gasteiger charge is 2.22. The predicted octanol–water partition coefficient (Wildman–Crippen LogP) is 2.77. The van der Waals surface area contributed by atoms with Crippen molar-refractivity contribution in [2.75, 3.05) is 13.2 Å². The lowest BCUT2D eigenvalue weighted by molar-refractivity contribution is 0.128. The van der Waals surface area contributed by atoms with E-state index in [9.17, 15) is 5.11 Å². The van der Waals surface area contributed by atoms with Gasteiger partial charge >= 0.3 is 0 Å². The van der Waals surface area contributed by atoms with Gasteiger partial charge in [-0.1, -0.05) is 20.8 Å². The molecule has 3 nitrogen and oxygen atoms in total. The Morgan fingerprint density at radius 3 is 2.89 bits per heavy atom. The second-order valence-corrected chi connectivity index (χ2v) is 7.14. The van der Waals surface area contributed by atoms with Crippen LogP contribution < -0.4 is 0 Å². The van der Waals surface area contributed by atoms with Crippen molar-refractivity contribution >= 4 is 11.3 Å². The molecule has 2 atom stereocenters. The maximum atomic E-state index is 10.1. The highest BCUT2D eigenvalue weighted by atomic mass is 32.1. The van der Waals surface area contributed by atoms with Crippen LogP contribution in [0.1, 0.15) is 44.3 Å². The van der Waals surface area contributed by atoms with Crippen LogP contribution in [0.4, 0.5) is 0 Å². The maximum absolute atomic E-state index is 10.1. The minimum Gasteiger partial charge on any atom is -0.393 e. The van der Waals surface area contributed by atoms with Crippen molar-refractivity contribution in [3.8, 4) is 0 Å². The van der Waals surface area contributed by atoms with E-state index in [2.05, 4.69) is 31.1 Å². The molecule has 18 heavy (non-hydrogen) atoms. The Balaban J connectivity index is 1.86. The number of thiazole rings is 1. The molecule has 1 aliphatic rings. The fourth-order valence-electron chi connectivity index (χ4n) is 2.19. The summed E-state index contributed by atoms with van der Waals surface area (Å²) in [5.74, 6) is 0.530. The first kappa shape index (κ1) is 14.0. The van der Waals surface area contributed by atoms with Gasteiger partial charge < -0.3 is 9.84 Å². The summed E-state index contributed by atoms with van der Waals surface area (Å²) in [7, 11) is 0. The van der Waals surface area contributed by atoms with Gasteiger partial charge in [-0.3, -0.25) is 0 Å². The van der Waals surface area contributed by atoms with E-state index in [-0.39, 0.29) is 11.5 Å². The van der Waals surface area contributed by atoms with E-state index in [1.54, 1.807) is 11.3 Å². The Morgan fingerprint density at radius 1 is 1.56 bits per heavy atom. The smallest absolute Gasteiger partial charge is 0.0954 e. The van der Waals surface area contributed by atoms with Gasteiger partial charge in [-0.25, -0.2) is 4.98 Å². The van der Waals surface area contributed by atoms with Crippen molar-refractivity contribution in [2.45, 2.75) is 51.6 Å². The minimum absolute atomic E-state index is 0.0962. The second kappa shape index (κ2) is 5.68. The van der Waals surface area contributed by atoms with Gasteiger partial charge in [0.1, 0.15) is 0 Å². The molecule has 102 valence electrons. The summed E-state index contributed by atoms with van der Waals surface area (Å²) < 4.78 is 5.33. The Bertz CT molecular complexity index is 377. The van der Waals surface area contributed by atoms with E-state index < -0.39 is 0 Å². The van der Waals surface area contributed by atoms with E-state index in [0.29, 0.717) is 12.3 Å². The summed E-state index contributed by atoms with van der Waals surface area (Å²) >= 11 is 1.66. The van der Waals surface area contributed by atoms with Crippen LogP contribution in [-0.4, -0.2) is 29.4 Å². The number of ether oxygens (including phenoxy) is 1. The third-order valence-corrected chi connectivity index (χ3v) is 4.23. The van der Waals surface area contributed by atoms with Gasteiger partial charge in [0, 0.05) is 30.4 Å². The monoisotopic (exact) mass is 269 g/mol. The van der Waals surface area contributed by atoms with Crippen LogP contribution in [0.5, 0.6) is 0 Å². The van der Waals surface area contributed by atoms with Crippen LogP contribution >= 0.6 is 11.3 Å². The van der Waals surface area contributed by atoms with Crippen molar-refractivity contribution in [2.24, 2.45) is 5.92 Å². The molecule has 0 radical (unpaired) electrons. The zero-order valence-corrected chi connectivity index (χ0v) is 12.3. The molecule has 0 saturated carbocycles. The van der Waals surface area contributed by atoms with Gasteiger partial charge in [-0.2, -0.15) is 0 Å². The Labute approximate surface area is 113 Å². The molecule has 0 spiro atoms. The standard InChI is InChI=1S/C14H23NO2S/c1-14(2,3)12-9-18-13(15-12)7-11(16)6-10-4-5-17-8-10/h9-11,16H,4-8H2,1-3H3. The van der Waals surface area contributed by atoms with Gasteiger partial charge in [0.2, 0.25) is 0 Å². The second-order valence-electron chi connectivity index (χ2n) is 6.20. The number of aromatic nitrogens is 1. The van der Waals surface area contributed by atoms with Crippen LogP contribution in [0.3, 0.4) is 0 Å². The number of hydrogen-bond donors (Lipinski definition) is 1. The third kappa shape index (κ3) is 3.77. The predicted molar refractivity (Wildman–Crippen MR) is 74.1 cm³/mol. The number of aliphatic hydroxyl groups is 1. The molecule has 1 N–H and O–H groups in total. The fourth-order valence-corrected chi connectivity index (χ4v) is 3.28.